The largest absolute Gasteiger partial charge is 0.394 e. The standard InChI is InChI=1S/C19H40N2O6/c1-4-5-6-7-8-9-12-21(2,3)13-10-11-20-19(27)18(26)17(25)16(24)15(23)14-22/h15-18,22-26H,4-14H2,1-3H3/p+1/t15-,16-,17+,18-/m1/s1. The number of aliphatic hydroxyl groups excluding tert-OH is 5. The van der Waals surface area contributed by atoms with E-state index >= 15 is 0 Å². The highest BCUT2D eigenvalue weighted by Gasteiger charge is 2.34. The summed E-state index contributed by atoms with van der Waals surface area (Å²) in [5.74, 6) is -0.812. The van der Waals surface area contributed by atoms with Crippen LogP contribution in [0.25, 0.3) is 0 Å². The molecule has 0 bridgehead atoms. The normalized spacial score (nSPS) is 16.6. The molecule has 8 heteroatoms. The van der Waals surface area contributed by atoms with Crippen LogP contribution in [-0.2, 0) is 4.79 Å². The minimum atomic E-state index is -1.87. The molecule has 0 saturated carbocycles. The molecule has 0 unspecified atom stereocenters. The maximum Gasteiger partial charge on any atom is 0.251 e. The third kappa shape index (κ3) is 11.6. The van der Waals surface area contributed by atoms with Crippen LogP contribution in [0.1, 0.15) is 51.9 Å². The van der Waals surface area contributed by atoms with E-state index in [0.717, 1.165) is 24.0 Å². The van der Waals surface area contributed by atoms with Crippen LogP contribution in [0.3, 0.4) is 0 Å². The van der Waals surface area contributed by atoms with E-state index in [9.17, 15) is 25.2 Å². The van der Waals surface area contributed by atoms with Gasteiger partial charge in [0.05, 0.1) is 33.8 Å². The van der Waals surface area contributed by atoms with E-state index in [1.54, 1.807) is 0 Å². The Kier molecular flexibility index (Phi) is 13.9. The molecule has 0 fully saturated rings. The van der Waals surface area contributed by atoms with Gasteiger partial charge in [-0.1, -0.05) is 32.6 Å². The van der Waals surface area contributed by atoms with Crippen LogP contribution >= 0.6 is 0 Å². The number of quaternary nitrogens is 1. The van der Waals surface area contributed by atoms with Crippen molar-refractivity contribution < 1.29 is 34.8 Å². The van der Waals surface area contributed by atoms with Gasteiger partial charge < -0.3 is 35.3 Å². The summed E-state index contributed by atoms with van der Waals surface area (Å²) in [5, 5.41) is 49.5. The molecule has 8 nitrogen and oxygen atoms in total. The van der Waals surface area contributed by atoms with Crippen molar-refractivity contribution in [1.82, 2.24) is 5.32 Å². The van der Waals surface area contributed by atoms with E-state index < -0.39 is 36.9 Å². The number of carbonyl (C=O) groups is 1. The molecule has 0 aliphatic rings. The van der Waals surface area contributed by atoms with Crippen molar-refractivity contribution in [3.05, 3.63) is 0 Å². The molecule has 0 heterocycles. The van der Waals surface area contributed by atoms with Gasteiger partial charge in [-0.2, -0.15) is 0 Å². The Bertz CT molecular complexity index is 394. The number of carbonyl (C=O) groups excluding carboxylic acids is 1. The number of hydrogen-bond acceptors (Lipinski definition) is 6. The molecule has 0 spiro atoms. The Labute approximate surface area is 163 Å². The van der Waals surface area contributed by atoms with Gasteiger partial charge in [0, 0.05) is 13.0 Å². The van der Waals surface area contributed by atoms with E-state index in [1.165, 1.54) is 38.5 Å². The van der Waals surface area contributed by atoms with E-state index in [2.05, 4.69) is 26.3 Å². The number of rotatable bonds is 16. The van der Waals surface area contributed by atoms with Crippen molar-refractivity contribution in [2.24, 2.45) is 0 Å². The van der Waals surface area contributed by atoms with Gasteiger partial charge in [-0.05, 0) is 12.8 Å². The minimum Gasteiger partial charge on any atom is -0.394 e. The Morgan fingerprint density at radius 1 is 0.889 bits per heavy atom. The van der Waals surface area contributed by atoms with E-state index in [-0.39, 0.29) is 0 Å². The summed E-state index contributed by atoms with van der Waals surface area (Å²) in [6.45, 7) is 3.73. The van der Waals surface area contributed by atoms with E-state index in [1.807, 2.05) is 0 Å². The fraction of sp³-hybridized carbons (Fsp3) is 0.947. The topological polar surface area (TPSA) is 130 Å². The van der Waals surface area contributed by atoms with Gasteiger partial charge >= 0.3 is 0 Å². The summed E-state index contributed by atoms with van der Waals surface area (Å²) in [6, 6.07) is 0. The van der Waals surface area contributed by atoms with Gasteiger partial charge in [-0.3, -0.25) is 4.79 Å². The van der Waals surface area contributed by atoms with Gasteiger partial charge in [0.1, 0.15) is 18.3 Å². The van der Waals surface area contributed by atoms with Crippen molar-refractivity contribution in [3.63, 3.8) is 0 Å². The highest BCUT2D eigenvalue weighted by Crippen LogP contribution is 2.09. The molecule has 6 N–H and O–H groups in total. The number of aliphatic hydroxyl groups is 5. The molecule has 0 aromatic rings. The fourth-order valence-corrected chi connectivity index (χ4v) is 2.93. The number of hydrogen-bond donors (Lipinski definition) is 6. The van der Waals surface area contributed by atoms with Gasteiger partial charge in [0.25, 0.3) is 5.91 Å². The van der Waals surface area contributed by atoms with Crippen LogP contribution in [0, 0.1) is 0 Å². The Morgan fingerprint density at radius 2 is 1.44 bits per heavy atom. The molecule has 0 rings (SSSR count). The average Bonchev–Trinajstić information content (AvgIpc) is 2.65. The van der Waals surface area contributed by atoms with Crippen molar-refractivity contribution in [1.29, 1.82) is 0 Å². The lowest BCUT2D eigenvalue weighted by Gasteiger charge is -2.30. The molecule has 0 aromatic carbocycles. The third-order valence-corrected chi connectivity index (χ3v) is 4.88. The number of nitrogens with zero attached hydrogens (tertiary/aromatic N) is 1. The van der Waals surface area contributed by atoms with Crippen LogP contribution in [-0.4, -0.2) is 101 Å². The molecule has 1 amide bonds. The fourth-order valence-electron chi connectivity index (χ4n) is 2.93. The molecule has 0 aliphatic carbocycles. The summed E-state index contributed by atoms with van der Waals surface area (Å²) < 4.78 is 0.857. The average molecular weight is 394 g/mol. The second kappa shape index (κ2) is 14.3. The Hall–Kier alpha value is -0.770. The maximum absolute atomic E-state index is 11.8. The first-order chi connectivity index (χ1) is 12.7. The molecule has 27 heavy (non-hydrogen) atoms. The predicted octanol–water partition coefficient (Wildman–Crippen LogP) is -0.634. The van der Waals surface area contributed by atoms with Gasteiger partial charge in [-0.25, -0.2) is 0 Å². The zero-order valence-electron chi connectivity index (χ0n) is 17.2. The second-order valence-corrected chi connectivity index (χ2v) is 7.97. The summed E-state index contributed by atoms with van der Waals surface area (Å²) >= 11 is 0. The zero-order valence-corrected chi connectivity index (χ0v) is 17.2. The van der Waals surface area contributed by atoms with Gasteiger partial charge in [0.2, 0.25) is 0 Å². The monoisotopic (exact) mass is 393 g/mol. The summed E-state index contributed by atoms with van der Waals surface area (Å²) in [5.41, 5.74) is 0. The number of nitrogens with one attached hydrogen (secondary N) is 1. The van der Waals surface area contributed by atoms with Crippen LogP contribution < -0.4 is 5.32 Å². The first kappa shape index (κ1) is 26.2. The first-order valence-corrected chi connectivity index (χ1v) is 10.1. The zero-order chi connectivity index (χ0) is 20.9. The van der Waals surface area contributed by atoms with E-state index in [0.29, 0.717) is 6.54 Å². The van der Waals surface area contributed by atoms with Gasteiger partial charge in [-0.15, -0.1) is 0 Å². The summed E-state index contributed by atoms with van der Waals surface area (Å²) in [4.78, 5) is 11.8. The van der Waals surface area contributed by atoms with Crippen molar-refractivity contribution in [2.45, 2.75) is 76.3 Å². The predicted molar refractivity (Wildman–Crippen MR) is 104 cm³/mol. The lowest BCUT2D eigenvalue weighted by Crippen LogP contribution is -2.52. The van der Waals surface area contributed by atoms with Crippen molar-refractivity contribution in [3.8, 4) is 0 Å². The van der Waals surface area contributed by atoms with Crippen LogP contribution in [0.5, 0.6) is 0 Å². The third-order valence-electron chi connectivity index (χ3n) is 4.88. The highest BCUT2D eigenvalue weighted by molar-refractivity contribution is 5.81. The first-order valence-electron chi connectivity index (χ1n) is 10.1. The molecule has 162 valence electrons. The molecule has 0 radical (unpaired) electrons. The SMILES string of the molecule is CCCCCCCC[N+](C)(C)CCCNC(=O)[C@H](O)[C@@H](O)[C@H](O)[C@H](O)CO. The molecular formula is C19H41N2O6+. The second-order valence-electron chi connectivity index (χ2n) is 7.97. The molecule has 4 atom stereocenters. The Morgan fingerprint density at radius 3 is 2.04 bits per heavy atom. The quantitative estimate of drug-likeness (QED) is 0.153. The lowest BCUT2D eigenvalue weighted by atomic mass is 10.0. The number of unbranched alkanes of at least 4 members (excludes halogenated alkanes) is 5. The number of amides is 1. The molecular weight excluding hydrogens is 352 g/mol. The Balaban J connectivity index is 4.01. The summed E-state index contributed by atoms with van der Waals surface area (Å²) in [7, 11) is 4.30. The van der Waals surface area contributed by atoms with Crippen molar-refractivity contribution >= 4 is 5.91 Å². The molecule has 0 saturated heterocycles. The molecule has 0 aliphatic heterocycles. The lowest BCUT2D eigenvalue weighted by molar-refractivity contribution is -0.890. The summed E-state index contributed by atoms with van der Waals surface area (Å²) in [6.07, 6.45) is 1.11. The smallest absolute Gasteiger partial charge is 0.251 e. The van der Waals surface area contributed by atoms with Crippen molar-refractivity contribution in [2.75, 3.05) is 40.3 Å². The maximum atomic E-state index is 11.8. The molecule has 0 aromatic heterocycles. The van der Waals surface area contributed by atoms with E-state index in [4.69, 9.17) is 5.11 Å². The van der Waals surface area contributed by atoms with Crippen LogP contribution in [0.4, 0.5) is 0 Å². The minimum absolute atomic E-state index is 0.347. The highest BCUT2D eigenvalue weighted by atomic mass is 16.4. The van der Waals surface area contributed by atoms with Gasteiger partial charge in [0.15, 0.2) is 6.10 Å². The van der Waals surface area contributed by atoms with Crippen LogP contribution in [0.2, 0.25) is 0 Å². The van der Waals surface area contributed by atoms with Crippen LogP contribution in [0.15, 0.2) is 0 Å².